The zero-order valence-corrected chi connectivity index (χ0v) is 17.8. The Morgan fingerprint density at radius 3 is 2.32 bits per heavy atom. The molecule has 0 amide bonds. The number of carbonyl (C=O) groups is 3. The summed E-state index contributed by atoms with van der Waals surface area (Å²) in [5.74, 6) is -1.90. The van der Waals surface area contributed by atoms with E-state index in [4.69, 9.17) is 9.47 Å². The summed E-state index contributed by atoms with van der Waals surface area (Å²) in [7, 11) is 2.43. The second-order valence-corrected chi connectivity index (χ2v) is 7.49. The average molecular weight is 426 g/mol. The van der Waals surface area contributed by atoms with Crippen LogP contribution in [0.4, 0.5) is 11.4 Å². The van der Waals surface area contributed by atoms with Gasteiger partial charge in [-0.25, -0.2) is 14.4 Å². The number of hydrogen-bond acceptors (Lipinski definition) is 7. The minimum Gasteiger partial charge on any atom is -0.478 e. The second kappa shape index (κ2) is 9.51. The van der Waals surface area contributed by atoms with Crippen molar-refractivity contribution in [1.82, 2.24) is 0 Å². The highest BCUT2D eigenvalue weighted by molar-refractivity contribution is 6.06. The summed E-state index contributed by atoms with van der Waals surface area (Å²) >= 11 is 0. The number of rotatable bonds is 5. The van der Waals surface area contributed by atoms with Gasteiger partial charge < -0.3 is 24.4 Å². The van der Waals surface area contributed by atoms with Gasteiger partial charge in [-0.05, 0) is 49.1 Å². The van der Waals surface area contributed by atoms with E-state index in [2.05, 4.69) is 11.8 Å². The van der Waals surface area contributed by atoms with Gasteiger partial charge in [0.1, 0.15) is 5.70 Å². The van der Waals surface area contributed by atoms with E-state index in [1.165, 1.54) is 31.3 Å². The van der Waals surface area contributed by atoms with Crippen molar-refractivity contribution in [3.8, 4) is 0 Å². The number of anilines is 2. The smallest absolute Gasteiger partial charge is 0.355 e. The molecule has 31 heavy (non-hydrogen) atoms. The van der Waals surface area contributed by atoms with Gasteiger partial charge in [-0.2, -0.15) is 0 Å². The Hall–Kier alpha value is -3.55. The minimum atomic E-state index is -1.07. The molecule has 0 saturated carbocycles. The van der Waals surface area contributed by atoms with E-state index in [-0.39, 0.29) is 16.8 Å². The highest BCUT2D eigenvalue weighted by atomic mass is 16.5. The zero-order chi connectivity index (χ0) is 22.5. The lowest BCUT2D eigenvalue weighted by Crippen LogP contribution is -2.34. The Bertz CT molecular complexity index is 970. The van der Waals surface area contributed by atoms with Crippen LogP contribution in [0.3, 0.4) is 0 Å². The van der Waals surface area contributed by atoms with Crippen LogP contribution < -0.4 is 9.80 Å². The van der Waals surface area contributed by atoms with Crippen molar-refractivity contribution in [2.75, 3.05) is 37.1 Å². The lowest BCUT2D eigenvalue weighted by Gasteiger charge is -2.33. The fraction of sp³-hybridized carbons (Fsp3) is 0.348. The van der Waals surface area contributed by atoms with Crippen LogP contribution in [-0.4, -0.2) is 50.3 Å². The van der Waals surface area contributed by atoms with Crippen molar-refractivity contribution >= 4 is 29.3 Å². The van der Waals surface area contributed by atoms with Crippen molar-refractivity contribution < 1.29 is 29.0 Å². The summed E-state index contributed by atoms with van der Waals surface area (Å²) in [6.45, 7) is 3.76. The summed E-state index contributed by atoms with van der Waals surface area (Å²) in [6, 6.07) is 4.98. The van der Waals surface area contributed by atoms with E-state index in [0.717, 1.165) is 25.9 Å². The van der Waals surface area contributed by atoms with E-state index >= 15 is 0 Å². The molecule has 0 atom stereocenters. The SMILES string of the molecule is COC(=O)C1=C(C(=O)OC)N(c2ccc(N3CCC(C)CC3)c(C(=O)O)c2)C=CC=C1. The fourth-order valence-electron chi connectivity index (χ4n) is 3.74. The number of carboxylic acids is 1. The van der Waals surface area contributed by atoms with Crippen LogP contribution in [0, 0.1) is 5.92 Å². The Balaban J connectivity index is 2.09. The van der Waals surface area contributed by atoms with Gasteiger partial charge in [-0.15, -0.1) is 0 Å². The molecule has 3 rings (SSSR count). The molecular weight excluding hydrogens is 400 g/mol. The molecule has 0 aromatic heterocycles. The zero-order valence-electron chi connectivity index (χ0n) is 17.8. The molecule has 1 N–H and O–H groups in total. The largest absolute Gasteiger partial charge is 0.478 e. The summed E-state index contributed by atoms with van der Waals surface area (Å²) in [5, 5.41) is 9.87. The molecule has 0 spiro atoms. The van der Waals surface area contributed by atoms with Crippen molar-refractivity contribution in [3.05, 3.63) is 59.5 Å². The van der Waals surface area contributed by atoms with Crippen LogP contribution in [0.15, 0.2) is 53.9 Å². The van der Waals surface area contributed by atoms with Gasteiger partial charge >= 0.3 is 17.9 Å². The number of allylic oxidation sites excluding steroid dienone is 2. The van der Waals surface area contributed by atoms with Crippen molar-refractivity contribution in [1.29, 1.82) is 0 Å². The number of ether oxygens (including phenoxy) is 2. The van der Waals surface area contributed by atoms with E-state index in [0.29, 0.717) is 17.3 Å². The van der Waals surface area contributed by atoms with E-state index in [9.17, 15) is 19.5 Å². The normalized spacial score (nSPS) is 16.9. The number of aromatic carboxylic acids is 1. The lowest BCUT2D eigenvalue weighted by atomic mass is 9.98. The molecular formula is C23H26N2O6. The van der Waals surface area contributed by atoms with E-state index in [1.807, 2.05) is 0 Å². The van der Waals surface area contributed by atoms with Gasteiger partial charge in [-0.3, -0.25) is 0 Å². The first-order valence-electron chi connectivity index (χ1n) is 10.0. The third kappa shape index (κ3) is 4.63. The maximum absolute atomic E-state index is 12.6. The van der Waals surface area contributed by atoms with Gasteiger partial charge in [-0.1, -0.05) is 13.0 Å². The quantitative estimate of drug-likeness (QED) is 0.718. The summed E-state index contributed by atoms with van der Waals surface area (Å²) in [6.07, 6.45) is 8.26. The van der Waals surface area contributed by atoms with E-state index < -0.39 is 17.9 Å². The average Bonchev–Trinajstić information content (AvgIpc) is 3.01. The molecule has 0 aliphatic carbocycles. The van der Waals surface area contributed by atoms with Crippen molar-refractivity contribution in [3.63, 3.8) is 0 Å². The van der Waals surface area contributed by atoms with Crippen LogP contribution in [0.1, 0.15) is 30.1 Å². The van der Waals surface area contributed by atoms with Crippen LogP contribution in [0.2, 0.25) is 0 Å². The van der Waals surface area contributed by atoms with Crippen LogP contribution >= 0.6 is 0 Å². The molecule has 8 nitrogen and oxygen atoms in total. The number of hydrogen-bond donors (Lipinski definition) is 1. The van der Waals surface area contributed by atoms with Gasteiger partial charge in [0.2, 0.25) is 0 Å². The molecule has 1 saturated heterocycles. The monoisotopic (exact) mass is 426 g/mol. The number of nitrogens with zero attached hydrogens (tertiary/aromatic N) is 2. The molecule has 0 unspecified atom stereocenters. The highest BCUT2D eigenvalue weighted by Crippen LogP contribution is 2.33. The third-order valence-electron chi connectivity index (χ3n) is 5.50. The third-order valence-corrected chi connectivity index (χ3v) is 5.50. The molecule has 1 aromatic rings. The van der Waals surface area contributed by atoms with Gasteiger partial charge in [0.05, 0.1) is 31.0 Å². The molecule has 164 valence electrons. The van der Waals surface area contributed by atoms with Gasteiger partial charge in [0.25, 0.3) is 0 Å². The van der Waals surface area contributed by atoms with Crippen LogP contribution in [-0.2, 0) is 19.1 Å². The number of methoxy groups -OCH3 is 2. The van der Waals surface area contributed by atoms with Crippen molar-refractivity contribution in [2.45, 2.75) is 19.8 Å². The van der Waals surface area contributed by atoms with Crippen LogP contribution in [0.5, 0.6) is 0 Å². The maximum atomic E-state index is 12.6. The fourth-order valence-corrected chi connectivity index (χ4v) is 3.74. The summed E-state index contributed by atoms with van der Waals surface area (Å²) < 4.78 is 9.70. The highest BCUT2D eigenvalue weighted by Gasteiger charge is 2.29. The van der Waals surface area contributed by atoms with Crippen molar-refractivity contribution in [2.24, 2.45) is 5.92 Å². The van der Waals surface area contributed by atoms with Gasteiger partial charge in [0, 0.05) is 25.0 Å². The Morgan fingerprint density at radius 2 is 1.71 bits per heavy atom. The first-order valence-corrected chi connectivity index (χ1v) is 10.0. The number of esters is 2. The predicted molar refractivity (Wildman–Crippen MR) is 116 cm³/mol. The topological polar surface area (TPSA) is 96.4 Å². The molecule has 2 aliphatic heterocycles. The standard InChI is InChI=1S/C23H26N2O6/c1-15-9-12-24(13-10-15)19-8-7-16(14-18(19)21(26)27)25-11-5-4-6-17(22(28)30-2)20(25)23(29)31-3/h4-8,11,14-15H,9-10,12-13H2,1-3H3,(H,26,27). The lowest BCUT2D eigenvalue weighted by molar-refractivity contribution is -0.139. The minimum absolute atomic E-state index is 0.00493. The number of benzene rings is 1. The summed E-state index contributed by atoms with van der Waals surface area (Å²) in [5.41, 5.74) is 1.12. The Kier molecular flexibility index (Phi) is 6.79. The number of carbonyl (C=O) groups excluding carboxylic acids is 2. The predicted octanol–water partition coefficient (Wildman–Crippen LogP) is 3.11. The first kappa shape index (κ1) is 22.1. The van der Waals surface area contributed by atoms with Crippen LogP contribution in [0.25, 0.3) is 0 Å². The Labute approximate surface area is 181 Å². The Morgan fingerprint density at radius 1 is 1.03 bits per heavy atom. The summed E-state index contributed by atoms with van der Waals surface area (Å²) in [4.78, 5) is 40.5. The molecule has 1 aromatic carbocycles. The van der Waals surface area contributed by atoms with E-state index in [1.54, 1.807) is 30.5 Å². The molecule has 2 aliphatic rings. The van der Waals surface area contributed by atoms with Gasteiger partial charge in [0.15, 0.2) is 0 Å². The second-order valence-electron chi connectivity index (χ2n) is 7.49. The maximum Gasteiger partial charge on any atom is 0.355 e. The molecule has 0 radical (unpaired) electrons. The molecule has 1 fully saturated rings. The molecule has 0 bridgehead atoms. The molecule has 8 heteroatoms. The number of carboxylic acid groups (broad SMARTS) is 1. The number of piperidine rings is 1. The first-order chi connectivity index (χ1) is 14.9. The molecule has 2 heterocycles.